The van der Waals surface area contributed by atoms with Crippen LogP contribution in [0.2, 0.25) is 0 Å². The molecule has 2 aliphatic rings. The fraction of sp³-hybridized carbons (Fsp3) is 0.611. The number of nitrogens with one attached hydrogen (secondary N) is 2. The molecule has 23 heavy (non-hydrogen) atoms. The number of carbonyl (C=O) groups is 1. The molecule has 1 aromatic carbocycles. The van der Waals surface area contributed by atoms with E-state index >= 15 is 0 Å². The minimum absolute atomic E-state index is 0.193. The van der Waals surface area contributed by atoms with Crippen LogP contribution in [0.4, 0.5) is 5.69 Å². The molecule has 0 aromatic heterocycles. The van der Waals surface area contributed by atoms with E-state index in [2.05, 4.69) is 51.6 Å². The first-order valence-electron chi connectivity index (χ1n) is 8.72. The van der Waals surface area contributed by atoms with E-state index in [1.165, 1.54) is 11.3 Å². The number of benzene rings is 1. The molecule has 0 radical (unpaired) electrons. The molecule has 0 aliphatic carbocycles. The maximum absolute atomic E-state index is 11.9. The number of hydrogen-bond acceptors (Lipinski definition) is 4. The van der Waals surface area contributed by atoms with Gasteiger partial charge in [0.05, 0.1) is 0 Å². The molecule has 1 amide bonds. The molecule has 0 saturated carbocycles. The maximum Gasteiger partial charge on any atom is 0.221 e. The van der Waals surface area contributed by atoms with Gasteiger partial charge in [0, 0.05) is 70.4 Å². The van der Waals surface area contributed by atoms with Crippen LogP contribution in [0.5, 0.6) is 0 Å². The summed E-state index contributed by atoms with van der Waals surface area (Å²) in [6.45, 7) is 10.1. The van der Waals surface area contributed by atoms with Crippen LogP contribution in [0.15, 0.2) is 24.3 Å². The van der Waals surface area contributed by atoms with Gasteiger partial charge in [-0.3, -0.25) is 9.69 Å². The van der Waals surface area contributed by atoms with Gasteiger partial charge in [0.2, 0.25) is 5.91 Å². The van der Waals surface area contributed by atoms with Gasteiger partial charge in [0.25, 0.3) is 0 Å². The number of carbonyl (C=O) groups excluding carboxylic acids is 1. The zero-order valence-corrected chi connectivity index (χ0v) is 14.1. The summed E-state index contributed by atoms with van der Waals surface area (Å²) < 4.78 is 0. The van der Waals surface area contributed by atoms with Crippen molar-refractivity contribution in [3.05, 3.63) is 29.8 Å². The van der Waals surface area contributed by atoms with Gasteiger partial charge in [-0.2, -0.15) is 0 Å². The van der Waals surface area contributed by atoms with Gasteiger partial charge in [-0.05, 0) is 24.6 Å². The second-order valence-corrected chi connectivity index (χ2v) is 6.75. The van der Waals surface area contributed by atoms with Gasteiger partial charge in [-0.1, -0.05) is 12.1 Å². The Bertz CT molecular complexity index is 522. The van der Waals surface area contributed by atoms with Crippen LogP contribution in [0.25, 0.3) is 0 Å². The predicted molar refractivity (Wildman–Crippen MR) is 93.8 cm³/mol. The Morgan fingerprint density at radius 2 is 2.04 bits per heavy atom. The molecular formula is C18H28N4O. The van der Waals surface area contributed by atoms with Crippen LogP contribution in [0.3, 0.4) is 0 Å². The van der Waals surface area contributed by atoms with Gasteiger partial charge in [0.15, 0.2) is 0 Å². The molecule has 0 unspecified atom stereocenters. The fourth-order valence-electron chi connectivity index (χ4n) is 3.15. The van der Waals surface area contributed by atoms with E-state index in [9.17, 15) is 4.79 Å². The molecule has 126 valence electrons. The van der Waals surface area contributed by atoms with E-state index in [0.717, 1.165) is 52.4 Å². The van der Waals surface area contributed by atoms with Gasteiger partial charge in [-0.15, -0.1) is 0 Å². The zero-order chi connectivity index (χ0) is 16.1. The molecule has 2 saturated heterocycles. The van der Waals surface area contributed by atoms with Crippen molar-refractivity contribution in [3.63, 3.8) is 0 Å². The minimum atomic E-state index is 0.193. The summed E-state index contributed by atoms with van der Waals surface area (Å²) in [7, 11) is 0. The molecule has 5 nitrogen and oxygen atoms in total. The Balaban J connectivity index is 1.35. The summed E-state index contributed by atoms with van der Waals surface area (Å²) in [6.07, 6.45) is 0.616. The molecular weight excluding hydrogens is 288 g/mol. The highest BCUT2D eigenvalue weighted by atomic mass is 16.1. The third-order valence-electron chi connectivity index (χ3n) is 4.85. The molecule has 2 aliphatic heterocycles. The summed E-state index contributed by atoms with van der Waals surface area (Å²) in [5, 5.41) is 6.27. The standard InChI is InChI=1S/C18H28N4O/c1-15-3-2-4-17(11-15)22-9-7-21(8-10-22)6-5-18(23)20-14-16-12-19-13-16/h2-4,11,16,19H,5-10,12-14H2,1H3,(H,20,23). The van der Waals surface area contributed by atoms with E-state index < -0.39 is 0 Å². The van der Waals surface area contributed by atoms with Crippen LogP contribution >= 0.6 is 0 Å². The molecule has 2 heterocycles. The smallest absolute Gasteiger partial charge is 0.221 e. The Kier molecular flexibility index (Phi) is 5.51. The average Bonchev–Trinajstić information content (AvgIpc) is 2.52. The maximum atomic E-state index is 11.9. The Labute approximate surface area is 139 Å². The first kappa shape index (κ1) is 16.3. The SMILES string of the molecule is Cc1cccc(N2CCN(CCC(=O)NCC3CNC3)CC2)c1. The fourth-order valence-corrected chi connectivity index (χ4v) is 3.15. The van der Waals surface area contributed by atoms with Crippen LogP contribution in [0.1, 0.15) is 12.0 Å². The molecule has 1 aromatic rings. The number of rotatable bonds is 6. The van der Waals surface area contributed by atoms with Crippen molar-refractivity contribution < 1.29 is 4.79 Å². The third kappa shape index (κ3) is 4.69. The normalized spacial score (nSPS) is 19.4. The summed E-state index contributed by atoms with van der Waals surface area (Å²) in [5.74, 6) is 0.829. The number of anilines is 1. The minimum Gasteiger partial charge on any atom is -0.369 e. The Morgan fingerprint density at radius 1 is 1.26 bits per heavy atom. The van der Waals surface area contributed by atoms with Gasteiger partial charge in [-0.25, -0.2) is 0 Å². The monoisotopic (exact) mass is 316 g/mol. The van der Waals surface area contributed by atoms with E-state index in [1.807, 2.05) is 0 Å². The van der Waals surface area contributed by atoms with Crippen LogP contribution in [-0.4, -0.2) is 63.2 Å². The first-order chi connectivity index (χ1) is 11.2. The number of hydrogen-bond donors (Lipinski definition) is 2. The molecule has 2 N–H and O–H groups in total. The second-order valence-electron chi connectivity index (χ2n) is 6.75. The second kappa shape index (κ2) is 7.79. The van der Waals surface area contributed by atoms with Crippen molar-refractivity contribution in [1.82, 2.24) is 15.5 Å². The highest BCUT2D eigenvalue weighted by Gasteiger charge is 2.19. The van der Waals surface area contributed by atoms with Gasteiger partial charge >= 0.3 is 0 Å². The molecule has 0 bridgehead atoms. The number of aryl methyl sites for hydroxylation is 1. The third-order valence-corrected chi connectivity index (χ3v) is 4.85. The van der Waals surface area contributed by atoms with Crippen molar-refractivity contribution in [1.29, 1.82) is 0 Å². The topological polar surface area (TPSA) is 47.6 Å². The summed E-state index contributed by atoms with van der Waals surface area (Å²) in [6, 6.07) is 8.70. The predicted octanol–water partition coefficient (Wildman–Crippen LogP) is 0.843. The molecule has 0 spiro atoms. The highest BCUT2D eigenvalue weighted by Crippen LogP contribution is 2.17. The van der Waals surface area contributed by atoms with E-state index in [4.69, 9.17) is 0 Å². The largest absolute Gasteiger partial charge is 0.369 e. The number of nitrogens with zero attached hydrogens (tertiary/aromatic N) is 2. The zero-order valence-electron chi connectivity index (χ0n) is 14.1. The van der Waals surface area contributed by atoms with Gasteiger partial charge < -0.3 is 15.5 Å². The first-order valence-corrected chi connectivity index (χ1v) is 8.72. The molecule has 5 heteroatoms. The van der Waals surface area contributed by atoms with Crippen LogP contribution in [-0.2, 0) is 4.79 Å². The van der Waals surface area contributed by atoms with Crippen molar-refractivity contribution >= 4 is 11.6 Å². The van der Waals surface area contributed by atoms with Crippen molar-refractivity contribution in [2.24, 2.45) is 5.92 Å². The lowest BCUT2D eigenvalue weighted by molar-refractivity contribution is -0.121. The summed E-state index contributed by atoms with van der Waals surface area (Å²) in [5.41, 5.74) is 2.62. The van der Waals surface area contributed by atoms with Crippen molar-refractivity contribution in [2.45, 2.75) is 13.3 Å². The van der Waals surface area contributed by atoms with E-state index in [0.29, 0.717) is 12.3 Å². The summed E-state index contributed by atoms with van der Waals surface area (Å²) >= 11 is 0. The average molecular weight is 316 g/mol. The highest BCUT2D eigenvalue weighted by molar-refractivity contribution is 5.76. The van der Waals surface area contributed by atoms with Crippen molar-refractivity contribution in [2.75, 3.05) is 57.3 Å². The quantitative estimate of drug-likeness (QED) is 0.817. The summed E-state index contributed by atoms with van der Waals surface area (Å²) in [4.78, 5) is 16.7. The molecule has 3 rings (SSSR count). The van der Waals surface area contributed by atoms with Crippen molar-refractivity contribution in [3.8, 4) is 0 Å². The molecule has 0 atom stereocenters. The lowest BCUT2D eigenvalue weighted by atomic mass is 10.0. The van der Waals surface area contributed by atoms with Crippen LogP contribution < -0.4 is 15.5 Å². The number of piperazine rings is 1. The molecule has 2 fully saturated rings. The van der Waals surface area contributed by atoms with E-state index in [-0.39, 0.29) is 5.91 Å². The Hall–Kier alpha value is -1.59. The lowest BCUT2D eigenvalue weighted by Crippen LogP contribution is -2.49. The van der Waals surface area contributed by atoms with Gasteiger partial charge in [0.1, 0.15) is 0 Å². The van der Waals surface area contributed by atoms with E-state index in [1.54, 1.807) is 0 Å². The lowest BCUT2D eigenvalue weighted by Gasteiger charge is -2.36. The Morgan fingerprint density at radius 3 is 2.70 bits per heavy atom. The van der Waals surface area contributed by atoms with Crippen LogP contribution in [0, 0.1) is 12.8 Å². The number of amides is 1.